The third-order valence-electron chi connectivity index (χ3n) is 6.27. The zero-order valence-corrected chi connectivity index (χ0v) is 18.1. The minimum absolute atomic E-state index is 0.105. The Morgan fingerprint density at radius 1 is 1.13 bits per heavy atom. The Hall–Kier alpha value is -3.06. The van der Waals surface area contributed by atoms with E-state index in [1.54, 1.807) is 0 Å². The van der Waals surface area contributed by atoms with Crippen molar-refractivity contribution in [2.75, 3.05) is 54.4 Å². The molecule has 162 valence electrons. The molecule has 4 heterocycles. The van der Waals surface area contributed by atoms with Crippen molar-refractivity contribution in [3.63, 3.8) is 0 Å². The first-order valence-corrected chi connectivity index (χ1v) is 11.3. The molecule has 0 aliphatic carbocycles. The van der Waals surface area contributed by atoms with Crippen LogP contribution in [0, 0.1) is 0 Å². The summed E-state index contributed by atoms with van der Waals surface area (Å²) in [6.07, 6.45) is 4.18. The van der Waals surface area contributed by atoms with E-state index in [1.807, 2.05) is 29.0 Å². The van der Waals surface area contributed by atoms with Gasteiger partial charge in [0, 0.05) is 50.9 Å². The molecule has 2 fully saturated rings. The summed E-state index contributed by atoms with van der Waals surface area (Å²) < 4.78 is 1.94. The molecule has 3 aromatic rings. The first-order valence-electron chi connectivity index (χ1n) is 11.3. The fourth-order valence-corrected chi connectivity index (χ4v) is 4.79. The maximum absolute atomic E-state index is 13.9. The molecule has 7 heteroatoms. The number of aromatic nitrogens is 2. The molecule has 1 atom stereocenters. The molecule has 31 heavy (non-hydrogen) atoms. The Kier molecular flexibility index (Phi) is 5.51. The van der Waals surface area contributed by atoms with E-state index in [1.165, 1.54) is 12.8 Å². The molecule has 1 aromatic carbocycles. The van der Waals surface area contributed by atoms with Crippen LogP contribution in [0.15, 0.2) is 48.7 Å². The van der Waals surface area contributed by atoms with Gasteiger partial charge in [0.2, 0.25) is 0 Å². The quantitative estimate of drug-likeness (QED) is 0.664. The monoisotopic (exact) mass is 418 g/mol. The summed E-state index contributed by atoms with van der Waals surface area (Å²) in [6, 6.07) is 14.1. The van der Waals surface area contributed by atoms with Gasteiger partial charge in [-0.2, -0.15) is 0 Å². The Balaban J connectivity index is 1.47. The van der Waals surface area contributed by atoms with Gasteiger partial charge in [0.05, 0.1) is 11.2 Å². The molecule has 7 nitrogen and oxygen atoms in total. The number of benzene rings is 1. The minimum Gasteiger partial charge on any atom is -0.382 e. The van der Waals surface area contributed by atoms with Crippen LogP contribution >= 0.6 is 0 Å². The molecule has 2 saturated heterocycles. The van der Waals surface area contributed by atoms with E-state index in [0.29, 0.717) is 6.54 Å². The molecular formula is C24H30N6O. The van der Waals surface area contributed by atoms with E-state index in [9.17, 15) is 4.79 Å². The number of nitrogens with zero attached hydrogens (tertiary/aromatic N) is 4. The number of nitrogens with one attached hydrogen (secondary N) is 2. The van der Waals surface area contributed by atoms with Crippen LogP contribution in [0.1, 0.15) is 24.6 Å². The van der Waals surface area contributed by atoms with Gasteiger partial charge in [0.25, 0.3) is 5.91 Å². The van der Waals surface area contributed by atoms with Crippen molar-refractivity contribution in [2.24, 2.45) is 0 Å². The number of fused-ring (bicyclic) bond motifs is 1. The SMILES string of the molecule is CCNc1cccnc1N1CCNC(C(=O)n2c(N3CCCC3)cc3ccccc32)C1. The van der Waals surface area contributed by atoms with Crippen molar-refractivity contribution in [3.05, 3.63) is 48.7 Å². The van der Waals surface area contributed by atoms with Crippen LogP contribution in [-0.2, 0) is 0 Å². The van der Waals surface area contributed by atoms with Crippen molar-refractivity contribution >= 4 is 34.1 Å². The van der Waals surface area contributed by atoms with Crippen LogP contribution in [-0.4, -0.2) is 60.8 Å². The first kappa shape index (κ1) is 19.9. The second-order valence-electron chi connectivity index (χ2n) is 8.29. The van der Waals surface area contributed by atoms with Gasteiger partial charge in [-0.25, -0.2) is 4.98 Å². The Bertz CT molecular complexity index is 1070. The lowest BCUT2D eigenvalue weighted by molar-refractivity contribution is 0.0863. The molecule has 0 amide bonds. The Labute approximate surface area is 183 Å². The second kappa shape index (κ2) is 8.59. The molecule has 5 rings (SSSR count). The molecule has 2 N–H and O–H groups in total. The van der Waals surface area contributed by atoms with Gasteiger partial charge in [-0.05, 0) is 44.0 Å². The molecule has 0 saturated carbocycles. The molecule has 0 spiro atoms. The average molecular weight is 419 g/mol. The summed E-state index contributed by atoms with van der Waals surface area (Å²) in [4.78, 5) is 23.0. The average Bonchev–Trinajstić information content (AvgIpc) is 3.47. The van der Waals surface area contributed by atoms with E-state index < -0.39 is 0 Å². The third kappa shape index (κ3) is 3.74. The zero-order chi connectivity index (χ0) is 21.2. The van der Waals surface area contributed by atoms with Crippen LogP contribution in [0.4, 0.5) is 17.3 Å². The number of para-hydroxylation sites is 1. The standard InChI is InChI=1S/C24H30N6O/c1-2-25-19-9-7-11-27-23(19)29-15-12-26-20(17-29)24(31)30-21-10-4-3-8-18(21)16-22(30)28-13-5-6-14-28/h3-4,7-11,16,20,25-26H,2,5-6,12-15,17H2,1H3. The maximum atomic E-state index is 13.9. The predicted molar refractivity (Wildman–Crippen MR) is 126 cm³/mol. The predicted octanol–water partition coefficient (Wildman–Crippen LogP) is 3.19. The summed E-state index contributed by atoms with van der Waals surface area (Å²) in [5, 5.41) is 7.97. The fourth-order valence-electron chi connectivity index (χ4n) is 4.79. The molecule has 0 bridgehead atoms. The van der Waals surface area contributed by atoms with Crippen molar-refractivity contribution in [2.45, 2.75) is 25.8 Å². The van der Waals surface area contributed by atoms with Crippen LogP contribution < -0.4 is 20.4 Å². The summed E-state index contributed by atoms with van der Waals surface area (Å²) >= 11 is 0. The summed E-state index contributed by atoms with van der Waals surface area (Å²) in [7, 11) is 0. The van der Waals surface area contributed by atoms with E-state index >= 15 is 0 Å². The van der Waals surface area contributed by atoms with Gasteiger partial charge in [-0.1, -0.05) is 18.2 Å². The lowest BCUT2D eigenvalue weighted by Gasteiger charge is -2.35. The van der Waals surface area contributed by atoms with Gasteiger partial charge in [-0.3, -0.25) is 9.36 Å². The molecule has 0 radical (unpaired) electrons. The highest BCUT2D eigenvalue weighted by atomic mass is 16.2. The highest BCUT2D eigenvalue weighted by Gasteiger charge is 2.31. The number of rotatable bonds is 5. The van der Waals surface area contributed by atoms with Gasteiger partial charge in [-0.15, -0.1) is 0 Å². The molecule has 2 aliphatic rings. The number of carbonyl (C=O) groups excluding carboxylic acids is 1. The number of pyridine rings is 1. The summed E-state index contributed by atoms with van der Waals surface area (Å²) in [5.74, 6) is 2.04. The van der Waals surface area contributed by atoms with Crippen molar-refractivity contribution in [1.29, 1.82) is 0 Å². The van der Waals surface area contributed by atoms with Gasteiger partial charge < -0.3 is 20.4 Å². The second-order valence-corrected chi connectivity index (χ2v) is 8.29. The van der Waals surface area contributed by atoms with Gasteiger partial charge in [0.1, 0.15) is 11.9 Å². The normalized spacial score (nSPS) is 19.2. The Morgan fingerprint density at radius 2 is 1.97 bits per heavy atom. The summed E-state index contributed by atoms with van der Waals surface area (Å²) in [6.45, 7) is 7.10. The van der Waals surface area contributed by atoms with Crippen molar-refractivity contribution < 1.29 is 4.79 Å². The van der Waals surface area contributed by atoms with Crippen LogP contribution in [0.5, 0.6) is 0 Å². The smallest absolute Gasteiger partial charge is 0.251 e. The lowest BCUT2D eigenvalue weighted by atomic mass is 10.1. The minimum atomic E-state index is -0.289. The van der Waals surface area contributed by atoms with Gasteiger partial charge >= 0.3 is 0 Å². The largest absolute Gasteiger partial charge is 0.382 e. The lowest BCUT2D eigenvalue weighted by Crippen LogP contribution is -2.56. The maximum Gasteiger partial charge on any atom is 0.251 e. The van der Waals surface area contributed by atoms with Crippen molar-refractivity contribution in [3.8, 4) is 0 Å². The number of carbonyl (C=O) groups is 1. The van der Waals surface area contributed by atoms with E-state index in [-0.39, 0.29) is 11.9 Å². The first-order chi connectivity index (χ1) is 15.3. The Morgan fingerprint density at radius 3 is 2.81 bits per heavy atom. The summed E-state index contributed by atoms with van der Waals surface area (Å²) in [5.41, 5.74) is 2.00. The number of hydrogen-bond acceptors (Lipinski definition) is 6. The van der Waals surface area contributed by atoms with Crippen LogP contribution in [0.2, 0.25) is 0 Å². The van der Waals surface area contributed by atoms with E-state index in [4.69, 9.17) is 0 Å². The zero-order valence-electron chi connectivity index (χ0n) is 18.1. The fraction of sp³-hybridized carbons (Fsp3) is 0.417. The van der Waals surface area contributed by atoms with Gasteiger partial charge in [0.15, 0.2) is 5.82 Å². The number of anilines is 3. The molecular weight excluding hydrogens is 388 g/mol. The van der Waals surface area contributed by atoms with Crippen LogP contribution in [0.25, 0.3) is 10.9 Å². The van der Waals surface area contributed by atoms with Crippen molar-refractivity contribution in [1.82, 2.24) is 14.9 Å². The van der Waals surface area contributed by atoms with Crippen LogP contribution in [0.3, 0.4) is 0 Å². The molecule has 2 aliphatic heterocycles. The third-order valence-corrected chi connectivity index (χ3v) is 6.27. The molecule has 1 unspecified atom stereocenters. The number of piperazine rings is 1. The number of hydrogen-bond donors (Lipinski definition) is 2. The highest BCUT2D eigenvalue weighted by Crippen LogP contribution is 2.30. The highest BCUT2D eigenvalue weighted by molar-refractivity contribution is 6.00. The topological polar surface area (TPSA) is 65.4 Å². The molecule has 2 aromatic heterocycles. The van der Waals surface area contributed by atoms with E-state index in [0.717, 1.165) is 60.9 Å². The van der Waals surface area contributed by atoms with E-state index in [2.05, 4.69) is 56.6 Å².